The third-order valence-electron chi connectivity index (χ3n) is 4.24. The van der Waals surface area contributed by atoms with Gasteiger partial charge in [0.25, 0.3) is 5.76 Å². The van der Waals surface area contributed by atoms with Crippen LogP contribution in [-0.2, 0) is 4.79 Å². The van der Waals surface area contributed by atoms with E-state index >= 15 is 0 Å². The highest BCUT2D eigenvalue weighted by atomic mass is 32.2. The molecule has 0 saturated carbocycles. The minimum Gasteiger partial charge on any atom is -0.496 e. The number of ketones is 1. The summed E-state index contributed by atoms with van der Waals surface area (Å²) in [5.74, 6) is -5.14. The van der Waals surface area contributed by atoms with E-state index in [-0.39, 0.29) is 27.0 Å². The number of halogens is 4. The lowest BCUT2D eigenvalue weighted by Crippen LogP contribution is -2.23. The van der Waals surface area contributed by atoms with Gasteiger partial charge in [-0.3, -0.25) is 14.5 Å². The maximum Gasteiger partial charge on any atom is 0.289 e. The first kappa shape index (κ1) is 24.5. The monoisotopic (exact) mass is 496 g/mol. The van der Waals surface area contributed by atoms with Crippen LogP contribution in [0.3, 0.4) is 0 Å². The Morgan fingerprint density at radius 3 is 2.58 bits per heavy atom. The maximum atomic E-state index is 14.2. The van der Waals surface area contributed by atoms with Gasteiger partial charge in [0.1, 0.15) is 17.4 Å². The molecule has 0 fully saturated rings. The van der Waals surface area contributed by atoms with Crippen LogP contribution in [0.4, 0.5) is 28.4 Å². The highest BCUT2D eigenvalue weighted by Gasteiger charge is 2.21. The fourth-order valence-corrected chi connectivity index (χ4v) is 4.24. The number of nitrogens with zero attached hydrogens (tertiary/aromatic N) is 2. The lowest BCUT2D eigenvalue weighted by atomic mass is 10.1. The Kier molecular flexibility index (Phi) is 7.88. The van der Waals surface area contributed by atoms with Crippen LogP contribution < -0.4 is 9.64 Å². The van der Waals surface area contributed by atoms with Gasteiger partial charge >= 0.3 is 0 Å². The fourth-order valence-electron chi connectivity index (χ4n) is 2.80. The van der Waals surface area contributed by atoms with E-state index in [0.29, 0.717) is 23.5 Å². The summed E-state index contributed by atoms with van der Waals surface area (Å²) in [6.45, 7) is 1.21. The van der Waals surface area contributed by atoms with Crippen molar-refractivity contribution in [2.45, 2.75) is 17.6 Å². The van der Waals surface area contributed by atoms with Gasteiger partial charge in [-0.2, -0.15) is 8.78 Å². The number of thioether (sulfide) groups is 1. The van der Waals surface area contributed by atoms with Crippen LogP contribution >= 0.6 is 23.1 Å². The molecule has 1 amide bonds. The summed E-state index contributed by atoms with van der Waals surface area (Å²) in [7, 11) is 1.32. The molecule has 172 valence electrons. The number of allylic oxidation sites excluding steroid dienone is 1. The van der Waals surface area contributed by atoms with Crippen LogP contribution in [0.1, 0.15) is 23.0 Å². The van der Waals surface area contributed by atoms with Crippen LogP contribution in [0.15, 0.2) is 52.7 Å². The second-order valence-corrected chi connectivity index (χ2v) is 8.32. The summed E-state index contributed by atoms with van der Waals surface area (Å²) in [5.41, 5.74) is 0.392. The van der Waals surface area contributed by atoms with E-state index in [1.165, 1.54) is 44.4 Å². The van der Waals surface area contributed by atoms with Crippen molar-refractivity contribution in [1.82, 2.24) is 4.98 Å². The second kappa shape index (κ2) is 10.6. The van der Waals surface area contributed by atoms with Gasteiger partial charge in [-0.1, -0.05) is 11.8 Å². The van der Waals surface area contributed by atoms with Crippen molar-refractivity contribution < 1.29 is 31.9 Å². The number of methoxy groups -OCH3 is 1. The molecule has 0 radical (unpaired) electrons. The zero-order valence-corrected chi connectivity index (χ0v) is 18.9. The van der Waals surface area contributed by atoms with Gasteiger partial charge in [-0.15, -0.1) is 11.3 Å². The van der Waals surface area contributed by atoms with Crippen molar-refractivity contribution in [2.24, 2.45) is 0 Å². The summed E-state index contributed by atoms with van der Waals surface area (Å²) < 4.78 is 57.7. The number of carbonyl (C=O) groups excluding carboxylic acids is 2. The zero-order valence-electron chi connectivity index (χ0n) is 17.2. The van der Waals surface area contributed by atoms with E-state index in [1.54, 1.807) is 5.38 Å². The number of alkyl halides is 2. The minimum absolute atomic E-state index is 0.134. The number of aromatic nitrogens is 1. The van der Waals surface area contributed by atoms with Gasteiger partial charge in [-0.25, -0.2) is 13.8 Å². The maximum absolute atomic E-state index is 14.2. The molecule has 0 saturated heterocycles. The first-order valence-electron chi connectivity index (χ1n) is 9.26. The molecule has 3 rings (SSSR count). The third-order valence-corrected chi connectivity index (χ3v) is 5.85. The Balaban J connectivity index is 1.81. The quantitative estimate of drug-likeness (QED) is 0.158. The van der Waals surface area contributed by atoms with Gasteiger partial charge in [0, 0.05) is 23.9 Å². The normalized spacial score (nSPS) is 11.2. The number of rotatable bonds is 8. The third kappa shape index (κ3) is 5.99. The Morgan fingerprint density at radius 1 is 1.18 bits per heavy atom. The molecule has 2 aromatic carbocycles. The predicted molar refractivity (Wildman–Crippen MR) is 120 cm³/mol. The van der Waals surface area contributed by atoms with Gasteiger partial charge in [0.05, 0.1) is 23.4 Å². The molecule has 33 heavy (non-hydrogen) atoms. The SMILES string of the molecule is COc1cc(C(=O)C=Cc2csc(N(C(C)=O)c3ccc(F)cc3F)n2)ccc1SC(F)F. The van der Waals surface area contributed by atoms with Gasteiger partial charge in [-0.05, 0) is 42.5 Å². The van der Waals surface area contributed by atoms with E-state index in [9.17, 15) is 27.2 Å². The zero-order chi connectivity index (χ0) is 24.1. The Bertz CT molecular complexity index is 1210. The first-order valence-corrected chi connectivity index (χ1v) is 11.0. The molecule has 0 N–H and O–H groups in total. The van der Waals surface area contributed by atoms with E-state index in [2.05, 4.69) is 4.98 Å². The molecule has 5 nitrogen and oxygen atoms in total. The number of hydrogen-bond acceptors (Lipinski definition) is 6. The number of carbonyl (C=O) groups is 2. The van der Waals surface area contributed by atoms with E-state index in [0.717, 1.165) is 28.4 Å². The highest BCUT2D eigenvalue weighted by Crippen LogP contribution is 2.34. The molecule has 1 aromatic heterocycles. The molecular weight excluding hydrogens is 480 g/mol. The lowest BCUT2D eigenvalue weighted by Gasteiger charge is -2.18. The van der Waals surface area contributed by atoms with Crippen molar-refractivity contribution in [3.05, 3.63) is 70.7 Å². The molecular formula is C22H16F4N2O3S2. The molecule has 11 heteroatoms. The smallest absolute Gasteiger partial charge is 0.289 e. The molecule has 0 bridgehead atoms. The van der Waals surface area contributed by atoms with Crippen LogP contribution in [0.25, 0.3) is 6.08 Å². The molecule has 3 aromatic rings. The van der Waals surface area contributed by atoms with Crippen molar-refractivity contribution >= 4 is 51.7 Å². The summed E-state index contributed by atoms with van der Waals surface area (Å²) >= 11 is 1.34. The molecule has 0 aliphatic carbocycles. The van der Waals surface area contributed by atoms with E-state index < -0.39 is 29.1 Å². The number of anilines is 2. The van der Waals surface area contributed by atoms with Gasteiger partial charge < -0.3 is 4.74 Å². The van der Waals surface area contributed by atoms with Crippen molar-refractivity contribution in [3.8, 4) is 5.75 Å². The molecule has 0 unspecified atom stereocenters. The second-order valence-electron chi connectivity index (χ2n) is 6.45. The van der Waals surface area contributed by atoms with Crippen LogP contribution in [0.5, 0.6) is 5.75 Å². The lowest BCUT2D eigenvalue weighted by molar-refractivity contribution is -0.115. The Labute approximate surface area is 194 Å². The van der Waals surface area contributed by atoms with Crippen LogP contribution in [0, 0.1) is 11.6 Å². The standard InChI is InChI=1S/C22H16F4N2O3S2/c1-12(29)28(17-6-4-14(23)10-16(17)24)22-27-15(11-32-22)5-7-18(30)13-3-8-20(33-21(25)26)19(9-13)31-2/h3-11,21H,1-2H3. The average molecular weight is 497 g/mol. The Morgan fingerprint density at radius 2 is 1.94 bits per heavy atom. The van der Waals surface area contributed by atoms with Gasteiger partial charge in [0.15, 0.2) is 10.9 Å². The number of thiazole rings is 1. The van der Waals surface area contributed by atoms with Crippen LogP contribution in [0.2, 0.25) is 0 Å². The molecule has 0 aliphatic rings. The van der Waals surface area contributed by atoms with E-state index in [1.807, 2.05) is 0 Å². The summed E-state index contributed by atoms with van der Waals surface area (Å²) in [6.07, 6.45) is 2.63. The topological polar surface area (TPSA) is 59.5 Å². The van der Waals surface area contributed by atoms with E-state index in [4.69, 9.17) is 4.74 Å². The summed E-state index contributed by atoms with van der Waals surface area (Å²) in [4.78, 5) is 30.0. The number of ether oxygens (including phenoxy) is 1. The Hall–Kier alpha value is -3.18. The highest BCUT2D eigenvalue weighted by molar-refractivity contribution is 7.99. The van der Waals surface area contributed by atoms with Crippen molar-refractivity contribution in [1.29, 1.82) is 0 Å². The molecule has 0 spiro atoms. The van der Waals surface area contributed by atoms with Crippen molar-refractivity contribution in [2.75, 3.05) is 12.0 Å². The van der Waals surface area contributed by atoms with Crippen LogP contribution in [-0.4, -0.2) is 29.5 Å². The number of amides is 1. The van der Waals surface area contributed by atoms with Gasteiger partial charge in [0.2, 0.25) is 5.91 Å². The fraction of sp³-hybridized carbons (Fsp3) is 0.136. The summed E-state index contributed by atoms with van der Waals surface area (Å²) in [6, 6.07) is 6.97. The molecule has 0 atom stereocenters. The minimum atomic E-state index is -2.63. The number of hydrogen-bond donors (Lipinski definition) is 0. The predicted octanol–water partition coefficient (Wildman–Crippen LogP) is 6.33. The molecule has 0 aliphatic heterocycles. The average Bonchev–Trinajstić information content (AvgIpc) is 3.22. The van der Waals surface area contributed by atoms with Crippen molar-refractivity contribution in [3.63, 3.8) is 0 Å². The summed E-state index contributed by atoms with van der Waals surface area (Å²) in [5, 5.41) is 1.69. The largest absolute Gasteiger partial charge is 0.496 e. The molecule has 1 heterocycles. The first-order chi connectivity index (χ1) is 15.7. The number of benzene rings is 2.